The molecule has 1 rings (SSSR count). The summed E-state index contributed by atoms with van der Waals surface area (Å²) in [6.07, 6.45) is 0.649. The molecule has 0 fully saturated rings. The maximum Gasteiger partial charge on any atom is 0.126 e. The zero-order valence-corrected chi connectivity index (χ0v) is 7.76. The molecule has 0 spiro atoms. The van der Waals surface area contributed by atoms with E-state index in [9.17, 15) is 4.39 Å². The molecule has 0 saturated heterocycles. The Morgan fingerprint density at radius 1 is 1.46 bits per heavy atom. The lowest BCUT2D eigenvalue weighted by Crippen LogP contribution is -2.22. The molecule has 2 nitrogen and oxygen atoms in total. The third kappa shape index (κ3) is 2.05. The molecule has 0 unspecified atom stereocenters. The van der Waals surface area contributed by atoms with E-state index in [0.29, 0.717) is 18.5 Å². The minimum atomic E-state index is -0.259. The predicted octanol–water partition coefficient (Wildman–Crippen LogP) is 1.35. The highest BCUT2D eigenvalue weighted by Gasteiger charge is 2.11. The summed E-state index contributed by atoms with van der Waals surface area (Å²) < 4.78 is 13.3. The van der Waals surface area contributed by atoms with Gasteiger partial charge in [0.25, 0.3) is 0 Å². The number of nitrogens with two attached hydrogens (primary N) is 2. The highest BCUT2D eigenvalue weighted by Crippen LogP contribution is 2.18. The summed E-state index contributed by atoms with van der Waals surface area (Å²) in [5, 5.41) is 0. The van der Waals surface area contributed by atoms with Gasteiger partial charge in [-0.25, -0.2) is 4.39 Å². The van der Waals surface area contributed by atoms with E-state index < -0.39 is 0 Å². The summed E-state index contributed by atoms with van der Waals surface area (Å²) in [6.45, 7) is 2.25. The highest BCUT2D eigenvalue weighted by molar-refractivity contribution is 5.31. The molecule has 1 atom stereocenters. The summed E-state index contributed by atoms with van der Waals surface area (Å²) >= 11 is 0. The van der Waals surface area contributed by atoms with E-state index in [1.165, 1.54) is 6.07 Å². The average molecular weight is 182 g/mol. The first-order chi connectivity index (χ1) is 6.20. The molecule has 0 bridgehead atoms. The second-order valence-electron chi connectivity index (χ2n) is 3.00. The molecule has 3 heteroatoms. The molecule has 0 aliphatic rings. The van der Waals surface area contributed by atoms with Crippen molar-refractivity contribution in [3.8, 4) is 0 Å². The van der Waals surface area contributed by atoms with Crippen LogP contribution in [0.1, 0.15) is 24.1 Å². The fraction of sp³-hybridized carbons (Fsp3) is 0.400. The molecular formula is C10H15FN2. The Morgan fingerprint density at radius 3 is 2.69 bits per heavy atom. The van der Waals surface area contributed by atoms with Gasteiger partial charge in [0.05, 0.1) is 0 Å². The molecule has 1 aromatic rings. The molecule has 0 saturated carbocycles. The van der Waals surface area contributed by atoms with Crippen LogP contribution in [0.25, 0.3) is 0 Å². The first-order valence-electron chi connectivity index (χ1n) is 4.43. The maximum atomic E-state index is 13.3. The second kappa shape index (κ2) is 4.35. The normalized spacial score (nSPS) is 12.9. The van der Waals surface area contributed by atoms with E-state index in [1.54, 1.807) is 6.07 Å². The minimum Gasteiger partial charge on any atom is -0.329 e. The molecule has 0 aliphatic carbocycles. The Hall–Kier alpha value is -0.930. The number of hydrogen-bond acceptors (Lipinski definition) is 2. The van der Waals surface area contributed by atoms with Crippen LogP contribution in [0.5, 0.6) is 0 Å². The van der Waals surface area contributed by atoms with E-state index in [-0.39, 0.29) is 11.9 Å². The fourth-order valence-electron chi connectivity index (χ4n) is 1.42. The Balaban J connectivity index is 3.12. The van der Waals surface area contributed by atoms with Crippen LogP contribution in [-0.2, 0) is 6.42 Å². The van der Waals surface area contributed by atoms with E-state index in [0.717, 1.165) is 5.56 Å². The summed E-state index contributed by atoms with van der Waals surface area (Å²) in [4.78, 5) is 0. The standard InChI is InChI=1S/C10H15FN2/c1-2-7-8(10(13)6-12)4-3-5-9(7)11/h3-5,10H,2,6,12-13H2,1H3/t10-/m1/s1. The summed E-state index contributed by atoms with van der Waals surface area (Å²) in [5.41, 5.74) is 12.7. The van der Waals surface area contributed by atoms with E-state index in [4.69, 9.17) is 11.5 Å². The van der Waals surface area contributed by atoms with Crippen molar-refractivity contribution < 1.29 is 4.39 Å². The van der Waals surface area contributed by atoms with E-state index in [2.05, 4.69) is 0 Å². The first kappa shape index (κ1) is 10.2. The molecule has 4 N–H and O–H groups in total. The van der Waals surface area contributed by atoms with Crippen LogP contribution in [0, 0.1) is 5.82 Å². The van der Waals surface area contributed by atoms with Gasteiger partial charge in [-0.1, -0.05) is 19.1 Å². The van der Waals surface area contributed by atoms with Crippen molar-refractivity contribution in [1.29, 1.82) is 0 Å². The quantitative estimate of drug-likeness (QED) is 0.741. The number of hydrogen-bond donors (Lipinski definition) is 2. The van der Waals surface area contributed by atoms with Gasteiger partial charge in [0.2, 0.25) is 0 Å². The van der Waals surface area contributed by atoms with Crippen molar-refractivity contribution in [2.75, 3.05) is 6.54 Å². The SMILES string of the molecule is CCc1c(F)cccc1[C@H](N)CN. The molecule has 0 aliphatic heterocycles. The van der Waals surface area contributed by atoms with Crippen molar-refractivity contribution in [3.05, 3.63) is 35.1 Å². The third-order valence-electron chi connectivity index (χ3n) is 2.16. The van der Waals surface area contributed by atoms with Gasteiger partial charge < -0.3 is 11.5 Å². The molecular weight excluding hydrogens is 167 g/mol. The van der Waals surface area contributed by atoms with Gasteiger partial charge in [-0.3, -0.25) is 0 Å². The molecule has 1 aromatic carbocycles. The maximum absolute atomic E-state index is 13.3. The largest absolute Gasteiger partial charge is 0.329 e. The molecule has 0 radical (unpaired) electrons. The average Bonchev–Trinajstić information content (AvgIpc) is 2.16. The third-order valence-corrected chi connectivity index (χ3v) is 2.16. The number of rotatable bonds is 3. The summed E-state index contributed by atoms with van der Waals surface area (Å²) in [5.74, 6) is -0.191. The van der Waals surface area contributed by atoms with Crippen LogP contribution in [0.2, 0.25) is 0 Å². The Labute approximate surface area is 77.7 Å². The Kier molecular flexibility index (Phi) is 3.39. The number of benzene rings is 1. The van der Waals surface area contributed by atoms with Crippen molar-refractivity contribution >= 4 is 0 Å². The van der Waals surface area contributed by atoms with Gasteiger partial charge in [-0.15, -0.1) is 0 Å². The van der Waals surface area contributed by atoms with Crippen LogP contribution >= 0.6 is 0 Å². The van der Waals surface area contributed by atoms with E-state index in [1.807, 2.05) is 13.0 Å². The van der Waals surface area contributed by atoms with Crippen molar-refractivity contribution in [2.45, 2.75) is 19.4 Å². The number of halogens is 1. The van der Waals surface area contributed by atoms with Gasteiger partial charge in [0.15, 0.2) is 0 Å². The van der Waals surface area contributed by atoms with Gasteiger partial charge in [-0.2, -0.15) is 0 Å². The molecule has 13 heavy (non-hydrogen) atoms. The van der Waals surface area contributed by atoms with Crippen LogP contribution < -0.4 is 11.5 Å². The zero-order chi connectivity index (χ0) is 9.84. The smallest absolute Gasteiger partial charge is 0.126 e. The monoisotopic (exact) mass is 182 g/mol. The molecule has 0 aromatic heterocycles. The van der Waals surface area contributed by atoms with Crippen molar-refractivity contribution in [2.24, 2.45) is 11.5 Å². The molecule has 72 valence electrons. The second-order valence-corrected chi connectivity index (χ2v) is 3.00. The molecule has 0 amide bonds. The Bertz CT molecular complexity index is 286. The van der Waals surface area contributed by atoms with Crippen LogP contribution in [-0.4, -0.2) is 6.54 Å². The van der Waals surface area contributed by atoms with Gasteiger partial charge in [-0.05, 0) is 23.6 Å². The lowest BCUT2D eigenvalue weighted by molar-refractivity contribution is 0.601. The predicted molar refractivity (Wildman–Crippen MR) is 51.8 cm³/mol. The topological polar surface area (TPSA) is 52.0 Å². The van der Waals surface area contributed by atoms with Gasteiger partial charge >= 0.3 is 0 Å². The lowest BCUT2D eigenvalue weighted by atomic mass is 9.99. The van der Waals surface area contributed by atoms with Crippen LogP contribution in [0.3, 0.4) is 0 Å². The summed E-state index contributed by atoms with van der Waals surface area (Å²) in [6, 6.07) is 4.69. The van der Waals surface area contributed by atoms with Gasteiger partial charge in [0.1, 0.15) is 5.82 Å². The fourth-order valence-corrected chi connectivity index (χ4v) is 1.42. The summed E-state index contributed by atoms with van der Waals surface area (Å²) in [7, 11) is 0. The van der Waals surface area contributed by atoms with Crippen molar-refractivity contribution in [3.63, 3.8) is 0 Å². The van der Waals surface area contributed by atoms with Crippen LogP contribution in [0.15, 0.2) is 18.2 Å². The molecule has 0 heterocycles. The van der Waals surface area contributed by atoms with Gasteiger partial charge in [0, 0.05) is 12.6 Å². The van der Waals surface area contributed by atoms with E-state index >= 15 is 0 Å². The lowest BCUT2D eigenvalue weighted by Gasteiger charge is -2.14. The minimum absolute atomic E-state index is 0.191. The van der Waals surface area contributed by atoms with Crippen molar-refractivity contribution in [1.82, 2.24) is 0 Å². The Morgan fingerprint density at radius 2 is 2.15 bits per heavy atom. The highest BCUT2D eigenvalue weighted by atomic mass is 19.1. The zero-order valence-electron chi connectivity index (χ0n) is 7.76. The van der Waals surface area contributed by atoms with Crippen LogP contribution in [0.4, 0.5) is 4.39 Å². The first-order valence-corrected chi connectivity index (χ1v) is 4.43.